The summed E-state index contributed by atoms with van der Waals surface area (Å²) in [4.78, 5) is 14.6. The highest BCUT2D eigenvalue weighted by Crippen LogP contribution is 2.34. The molecule has 0 spiro atoms. The van der Waals surface area contributed by atoms with E-state index in [0.29, 0.717) is 10.7 Å². The lowest BCUT2D eigenvalue weighted by molar-refractivity contribution is -0.121. The zero-order valence-corrected chi connectivity index (χ0v) is 17.7. The molecule has 1 saturated heterocycles. The Hall–Kier alpha value is -2.84. The maximum Gasteiger partial charge on any atom is 0.284 e. The molecule has 1 aliphatic heterocycles. The van der Waals surface area contributed by atoms with Gasteiger partial charge in [-0.15, -0.1) is 11.0 Å². The van der Waals surface area contributed by atoms with E-state index in [1.165, 1.54) is 23.1 Å². The van der Waals surface area contributed by atoms with Gasteiger partial charge >= 0.3 is 0 Å². The van der Waals surface area contributed by atoms with Crippen LogP contribution < -0.4 is 4.74 Å². The van der Waals surface area contributed by atoms with E-state index in [0.717, 1.165) is 22.9 Å². The predicted octanol–water partition coefficient (Wildman–Crippen LogP) is 3.85. The Morgan fingerprint density at radius 3 is 2.38 bits per heavy atom. The highest BCUT2D eigenvalue weighted by Gasteiger charge is 2.34. The van der Waals surface area contributed by atoms with Crippen LogP contribution in [-0.4, -0.2) is 38.0 Å². The second-order valence-electron chi connectivity index (χ2n) is 6.25. The second kappa shape index (κ2) is 8.67. The SMILES string of the molecule is C=CCN1C(=O)/C(=C/c2ccc(OC)cc2)SC1=NS(=O)(=O)c1ccc(C)cc1. The molecule has 0 saturated carbocycles. The number of amides is 1. The molecule has 2 aromatic rings. The first-order chi connectivity index (χ1) is 13.8. The van der Waals surface area contributed by atoms with Crippen molar-refractivity contribution in [2.45, 2.75) is 11.8 Å². The minimum absolute atomic E-state index is 0.0785. The molecule has 0 aromatic heterocycles. The highest BCUT2D eigenvalue weighted by atomic mass is 32.2. The number of ether oxygens (including phenoxy) is 1. The first kappa shape index (κ1) is 20.9. The normalized spacial score (nSPS) is 17.2. The minimum atomic E-state index is -3.95. The Morgan fingerprint density at radius 1 is 1.14 bits per heavy atom. The van der Waals surface area contributed by atoms with Crippen LogP contribution in [0.15, 0.2) is 75.4 Å². The van der Waals surface area contributed by atoms with Crippen molar-refractivity contribution in [2.75, 3.05) is 13.7 Å². The number of hydrogen-bond acceptors (Lipinski definition) is 5. The molecule has 1 heterocycles. The van der Waals surface area contributed by atoms with E-state index in [-0.39, 0.29) is 22.5 Å². The van der Waals surface area contributed by atoms with E-state index < -0.39 is 10.0 Å². The van der Waals surface area contributed by atoms with Crippen LogP contribution in [0.2, 0.25) is 0 Å². The largest absolute Gasteiger partial charge is 0.497 e. The van der Waals surface area contributed by atoms with Crippen molar-refractivity contribution in [2.24, 2.45) is 4.40 Å². The number of sulfonamides is 1. The fourth-order valence-electron chi connectivity index (χ4n) is 2.58. The van der Waals surface area contributed by atoms with Crippen molar-refractivity contribution < 1.29 is 17.9 Å². The second-order valence-corrected chi connectivity index (χ2v) is 8.86. The quantitative estimate of drug-likeness (QED) is 0.516. The Kier molecular flexibility index (Phi) is 6.24. The van der Waals surface area contributed by atoms with Crippen LogP contribution in [0.3, 0.4) is 0 Å². The number of carbonyl (C=O) groups is 1. The smallest absolute Gasteiger partial charge is 0.284 e. The Labute approximate surface area is 174 Å². The molecule has 29 heavy (non-hydrogen) atoms. The highest BCUT2D eigenvalue weighted by molar-refractivity contribution is 8.19. The molecule has 0 unspecified atom stereocenters. The average Bonchev–Trinajstić information content (AvgIpc) is 2.97. The van der Waals surface area contributed by atoms with Gasteiger partial charge < -0.3 is 4.74 Å². The van der Waals surface area contributed by atoms with Crippen molar-refractivity contribution in [3.05, 3.63) is 77.2 Å². The molecule has 6 nitrogen and oxygen atoms in total. The van der Waals surface area contributed by atoms with Crippen LogP contribution in [0.1, 0.15) is 11.1 Å². The maximum atomic E-state index is 12.8. The molecular formula is C21H20N2O4S2. The summed E-state index contributed by atoms with van der Waals surface area (Å²) in [6.07, 6.45) is 3.23. The van der Waals surface area contributed by atoms with Crippen LogP contribution in [0, 0.1) is 6.92 Å². The third kappa shape index (κ3) is 4.78. The van der Waals surface area contributed by atoms with Crippen LogP contribution in [-0.2, 0) is 14.8 Å². The molecule has 2 aromatic carbocycles. The lowest BCUT2D eigenvalue weighted by Crippen LogP contribution is -2.29. The number of methoxy groups -OCH3 is 1. The van der Waals surface area contributed by atoms with Gasteiger partial charge in [-0.2, -0.15) is 8.42 Å². The van der Waals surface area contributed by atoms with Crippen molar-refractivity contribution in [1.82, 2.24) is 4.90 Å². The number of rotatable bonds is 6. The van der Waals surface area contributed by atoms with E-state index in [2.05, 4.69) is 11.0 Å². The lowest BCUT2D eigenvalue weighted by Gasteiger charge is -2.12. The minimum Gasteiger partial charge on any atom is -0.497 e. The summed E-state index contributed by atoms with van der Waals surface area (Å²) >= 11 is 1.03. The summed E-state index contributed by atoms with van der Waals surface area (Å²) in [5.41, 5.74) is 1.74. The Balaban J connectivity index is 1.96. The first-order valence-electron chi connectivity index (χ1n) is 8.72. The standard InChI is InChI=1S/C21H20N2O4S2/c1-4-13-23-20(24)19(14-16-7-9-17(27-3)10-8-16)28-21(23)22-29(25,26)18-11-5-15(2)6-12-18/h4-12,14H,1,13H2,2-3H3/b19-14-,22-21?. The fourth-order valence-corrected chi connectivity index (χ4v) is 4.77. The lowest BCUT2D eigenvalue weighted by atomic mass is 10.2. The summed E-state index contributed by atoms with van der Waals surface area (Å²) < 4.78 is 34.4. The Bertz CT molecular complexity index is 1090. The number of aryl methyl sites for hydroxylation is 1. The van der Waals surface area contributed by atoms with Crippen molar-refractivity contribution in [3.63, 3.8) is 0 Å². The van der Waals surface area contributed by atoms with E-state index in [1.54, 1.807) is 37.5 Å². The van der Waals surface area contributed by atoms with Gasteiger partial charge in [-0.3, -0.25) is 9.69 Å². The fraction of sp³-hybridized carbons (Fsp3) is 0.143. The van der Waals surface area contributed by atoms with Crippen molar-refractivity contribution in [1.29, 1.82) is 0 Å². The van der Waals surface area contributed by atoms with Crippen LogP contribution in [0.25, 0.3) is 6.08 Å². The molecular weight excluding hydrogens is 408 g/mol. The van der Waals surface area contributed by atoms with E-state index in [1.807, 2.05) is 19.1 Å². The molecule has 0 aliphatic carbocycles. The molecule has 0 atom stereocenters. The van der Waals surface area contributed by atoms with Crippen LogP contribution >= 0.6 is 11.8 Å². The van der Waals surface area contributed by atoms with E-state index >= 15 is 0 Å². The van der Waals surface area contributed by atoms with Crippen molar-refractivity contribution in [3.8, 4) is 5.75 Å². The molecule has 1 amide bonds. The molecule has 150 valence electrons. The molecule has 3 rings (SSSR count). The summed E-state index contributed by atoms with van der Waals surface area (Å²) in [6.45, 7) is 5.68. The van der Waals surface area contributed by atoms with Gasteiger partial charge in [0, 0.05) is 6.54 Å². The van der Waals surface area contributed by atoms with Gasteiger partial charge in [-0.25, -0.2) is 0 Å². The number of carbonyl (C=O) groups excluding carboxylic acids is 1. The van der Waals surface area contributed by atoms with Gasteiger partial charge in [-0.05, 0) is 54.6 Å². The molecule has 0 N–H and O–H groups in total. The van der Waals surface area contributed by atoms with E-state index in [9.17, 15) is 13.2 Å². The van der Waals surface area contributed by atoms with E-state index in [4.69, 9.17) is 4.74 Å². The third-order valence-corrected chi connectivity index (χ3v) is 6.53. The predicted molar refractivity (Wildman–Crippen MR) is 116 cm³/mol. The van der Waals surface area contributed by atoms with Crippen LogP contribution in [0.4, 0.5) is 0 Å². The van der Waals surface area contributed by atoms with Gasteiger partial charge in [0.25, 0.3) is 15.9 Å². The zero-order valence-electron chi connectivity index (χ0n) is 16.0. The van der Waals surface area contributed by atoms with Gasteiger partial charge in [0.2, 0.25) is 0 Å². The number of thioether (sulfide) groups is 1. The number of hydrogen-bond donors (Lipinski definition) is 0. The molecule has 1 aliphatic rings. The summed E-state index contributed by atoms with van der Waals surface area (Å²) in [5.74, 6) is 0.390. The third-order valence-electron chi connectivity index (χ3n) is 4.13. The average molecular weight is 429 g/mol. The van der Waals surface area contributed by atoms with Crippen molar-refractivity contribution >= 4 is 38.9 Å². The maximum absolute atomic E-state index is 12.8. The summed E-state index contributed by atoms with van der Waals surface area (Å²) in [6, 6.07) is 13.6. The van der Waals surface area contributed by atoms with Gasteiger partial charge in [0.05, 0.1) is 16.9 Å². The van der Waals surface area contributed by atoms with Crippen LogP contribution in [0.5, 0.6) is 5.75 Å². The summed E-state index contributed by atoms with van der Waals surface area (Å²) in [5, 5.41) is 0.107. The Morgan fingerprint density at radius 2 is 1.79 bits per heavy atom. The number of benzene rings is 2. The topological polar surface area (TPSA) is 76.0 Å². The number of amidine groups is 1. The monoisotopic (exact) mass is 428 g/mol. The molecule has 0 bridgehead atoms. The first-order valence-corrected chi connectivity index (χ1v) is 11.0. The van der Waals surface area contributed by atoms with Gasteiger partial charge in [0.15, 0.2) is 5.17 Å². The summed E-state index contributed by atoms with van der Waals surface area (Å²) in [7, 11) is -2.37. The zero-order chi connectivity index (χ0) is 21.0. The molecule has 0 radical (unpaired) electrons. The molecule has 8 heteroatoms. The van der Waals surface area contributed by atoms with Gasteiger partial charge in [-0.1, -0.05) is 35.9 Å². The molecule has 1 fully saturated rings. The van der Waals surface area contributed by atoms with Gasteiger partial charge in [0.1, 0.15) is 5.75 Å². The number of nitrogens with zero attached hydrogens (tertiary/aromatic N) is 2.